The molecule has 0 aliphatic rings. The normalized spacial score (nSPS) is 11.2. The predicted molar refractivity (Wildman–Crippen MR) is 70.0 cm³/mol. The molecule has 0 saturated heterocycles. The second-order valence-corrected chi connectivity index (χ2v) is 4.29. The van der Waals surface area contributed by atoms with Crippen LogP contribution in [0.2, 0.25) is 0 Å². The highest BCUT2D eigenvalue weighted by molar-refractivity contribution is 5.98. The number of Topliss-reactive ketones (excluding diaryl/α,β-unsaturated/α-hetero) is 1. The van der Waals surface area contributed by atoms with Crippen LogP contribution in [0.5, 0.6) is 5.75 Å². The van der Waals surface area contributed by atoms with Crippen molar-refractivity contribution < 1.29 is 22.7 Å². The van der Waals surface area contributed by atoms with Gasteiger partial charge in [0.15, 0.2) is 5.78 Å². The lowest BCUT2D eigenvalue weighted by Crippen LogP contribution is -2.19. The maximum Gasteiger partial charge on any atom is 0.573 e. The zero-order chi connectivity index (χ0) is 15.3. The number of carbonyl (C=O) groups is 1. The lowest BCUT2D eigenvalue weighted by Gasteiger charge is -2.12. The zero-order valence-corrected chi connectivity index (χ0v) is 10.9. The number of ether oxygens (including phenoxy) is 1. The van der Waals surface area contributed by atoms with Crippen molar-refractivity contribution in [2.45, 2.75) is 19.2 Å². The molecular formula is C15H12F3NO2. The van der Waals surface area contributed by atoms with Gasteiger partial charge in [0.2, 0.25) is 0 Å². The molecule has 110 valence electrons. The summed E-state index contributed by atoms with van der Waals surface area (Å²) in [5, 5.41) is 0. The molecule has 1 aromatic carbocycles. The molecule has 21 heavy (non-hydrogen) atoms. The van der Waals surface area contributed by atoms with Crippen molar-refractivity contribution in [3.05, 3.63) is 59.9 Å². The molecule has 0 aliphatic carbocycles. The van der Waals surface area contributed by atoms with Gasteiger partial charge in [0.25, 0.3) is 0 Å². The molecule has 2 aromatic rings. The van der Waals surface area contributed by atoms with Crippen LogP contribution in [0, 0.1) is 0 Å². The van der Waals surface area contributed by atoms with E-state index in [0.29, 0.717) is 12.1 Å². The molecule has 0 spiro atoms. The quantitative estimate of drug-likeness (QED) is 0.788. The second kappa shape index (κ2) is 6.39. The van der Waals surface area contributed by atoms with Gasteiger partial charge in [-0.3, -0.25) is 9.78 Å². The number of aromatic nitrogens is 1. The first-order valence-corrected chi connectivity index (χ1v) is 6.23. The first kappa shape index (κ1) is 15.0. The standard InChI is InChI=1S/C15H12F3NO2/c16-15(17,18)21-14-7-2-1-6-12(14)13(20)9-8-11-5-3-4-10-19-11/h1-7,10H,8-9H2. The van der Waals surface area contributed by atoms with Crippen LogP contribution < -0.4 is 4.74 Å². The molecule has 1 heterocycles. The maximum atomic E-state index is 12.3. The maximum absolute atomic E-state index is 12.3. The first-order valence-electron chi connectivity index (χ1n) is 6.23. The highest BCUT2D eigenvalue weighted by Crippen LogP contribution is 2.27. The molecule has 6 heteroatoms. The Hall–Kier alpha value is -2.37. The average Bonchev–Trinajstić information content (AvgIpc) is 2.45. The van der Waals surface area contributed by atoms with Crippen molar-refractivity contribution in [2.75, 3.05) is 0 Å². The molecule has 0 unspecified atom stereocenters. The highest BCUT2D eigenvalue weighted by atomic mass is 19.4. The SMILES string of the molecule is O=C(CCc1ccccn1)c1ccccc1OC(F)(F)F. The molecule has 0 atom stereocenters. The van der Waals surface area contributed by atoms with E-state index in [0.717, 1.165) is 6.07 Å². The van der Waals surface area contributed by atoms with Gasteiger partial charge in [-0.1, -0.05) is 18.2 Å². The number of alkyl halides is 3. The number of ketones is 1. The van der Waals surface area contributed by atoms with E-state index in [4.69, 9.17) is 0 Å². The fourth-order valence-corrected chi connectivity index (χ4v) is 1.83. The zero-order valence-electron chi connectivity index (χ0n) is 10.9. The van der Waals surface area contributed by atoms with Gasteiger partial charge in [-0.15, -0.1) is 13.2 Å². The van der Waals surface area contributed by atoms with Crippen molar-refractivity contribution in [1.82, 2.24) is 4.98 Å². The Labute approximate surface area is 119 Å². The Bertz CT molecular complexity index is 612. The van der Waals surface area contributed by atoms with Gasteiger partial charge in [0.1, 0.15) is 5.75 Å². The number of carbonyl (C=O) groups excluding carboxylic acids is 1. The van der Waals surface area contributed by atoms with Crippen molar-refractivity contribution in [2.24, 2.45) is 0 Å². The Morgan fingerprint density at radius 2 is 1.81 bits per heavy atom. The molecule has 3 nitrogen and oxygen atoms in total. The summed E-state index contributed by atoms with van der Waals surface area (Å²) < 4.78 is 40.7. The van der Waals surface area contributed by atoms with Crippen LogP contribution in [0.25, 0.3) is 0 Å². The molecule has 0 saturated carbocycles. The van der Waals surface area contributed by atoms with E-state index in [1.165, 1.54) is 18.2 Å². The summed E-state index contributed by atoms with van der Waals surface area (Å²) in [4.78, 5) is 16.1. The fraction of sp³-hybridized carbons (Fsp3) is 0.200. The topological polar surface area (TPSA) is 39.2 Å². The average molecular weight is 295 g/mol. The van der Waals surface area contributed by atoms with Crippen LogP contribution in [-0.4, -0.2) is 17.1 Å². The second-order valence-electron chi connectivity index (χ2n) is 4.29. The minimum Gasteiger partial charge on any atom is -0.405 e. The molecule has 0 aliphatic heterocycles. The molecule has 1 aromatic heterocycles. The number of hydrogen-bond donors (Lipinski definition) is 0. The Balaban J connectivity index is 2.09. The van der Waals surface area contributed by atoms with E-state index in [9.17, 15) is 18.0 Å². The lowest BCUT2D eigenvalue weighted by atomic mass is 10.0. The van der Waals surface area contributed by atoms with Crippen molar-refractivity contribution in [3.63, 3.8) is 0 Å². The Kier molecular flexibility index (Phi) is 4.57. The molecule has 0 fully saturated rings. The summed E-state index contributed by atoms with van der Waals surface area (Å²) >= 11 is 0. The number of nitrogens with zero attached hydrogens (tertiary/aromatic N) is 1. The van der Waals surface area contributed by atoms with Gasteiger partial charge in [0.05, 0.1) is 5.56 Å². The van der Waals surface area contributed by atoms with E-state index < -0.39 is 17.9 Å². The monoisotopic (exact) mass is 295 g/mol. The summed E-state index contributed by atoms with van der Waals surface area (Å²) in [6.45, 7) is 0. The number of pyridine rings is 1. The van der Waals surface area contributed by atoms with E-state index in [1.807, 2.05) is 0 Å². The predicted octanol–water partition coefficient (Wildman–Crippen LogP) is 3.80. The number of hydrogen-bond acceptors (Lipinski definition) is 3. The van der Waals surface area contributed by atoms with E-state index in [1.54, 1.807) is 24.4 Å². The minimum atomic E-state index is -4.82. The number of rotatable bonds is 5. The highest BCUT2D eigenvalue weighted by Gasteiger charge is 2.32. The Morgan fingerprint density at radius 1 is 1.10 bits per heavy atom. The molecular weight excluding hydrogens is 283 g/mol. The van der Waals surface area contributed by atoms with Crippen molar-refractivity contribution in [1.29, 1.82) is 0 Å². The van der Waals surface area contributed by atoms with Gasteiger partial charge in [-0.25, -0.2) is 0 Å². The van der Waals surface area contributed by atoms with Gasteiger partial charge in [-0.2, -0.15) is 0 Å². The van der Waals surface area contributed by atoms with Crippen LogP contribution in [0.1, 0.15) is 22.5 Å². The van der Waals surface area contributed by atoms with Crippen LogP contribution in [-0.2, 0) is 6.42 Å². The van der Waals surface area contributed by atoms with Crippen LogP contribution in [0.3, 0.4) is 0 Å². The van der Waals surface area contributed by atoms with Gasteiger partial charge >= 0.3 is 6.36 Å². The largest absolute Gasteiger partial charge is 0.573 e. The summed E-state index contributed by atoms with van der Waals surface area (Å²) in [6.07, 6.45) is -2.80. The van der Waals surface area contributed by atoms with Crippen molar-refractivity contribution >= 4 is 5.78 Å². The van der Waals surface area contributed by atoms with Gasteiger partial charge in [-0.05, 0) is 30.7 Å². The molecule has 0 bridgehead atoms. The smallest absolute Gasteiger partial charge is 0.405 e. The van der Waals surface area contributed by atoms with E-state index in [-0.39, 0.29) is 12.0 Å². The number of aryl methyl sites for hydroxylation is 1. The van der Waals surface area contributed by atoms with Crippen molar-refractivity contribution in [3.8, 4) is 5.75 Å². The minimum absolute atomic E-state index is 0.0647. The summed E-state index contributed by atoms with van der Waals surface area (Å²) in [5.74, 6) is -0.892. The Morgan fingerprint density at radius 3 is 2.48 bits per heavy atom. The summed E-state index contributed by atoms with van der Waals surface area (Å²) in [6, 6.07) is 10.6. The van der Waals surface area contributed by atoms with Crippen LogP contribution in [0.15, 0.2) is 48.7 Å². The summed E-state index contributed by atoms with van der Waals surface area (Å²) in [5.41, 5.74) is 0.630. The molecule has 2 rings (SSSR count). The van der Waals surface area contributed by atoms with E-state index in [2.05, 4.69) is 9.72 Å². The van der Waals surface area contributed by atoms with E-state index >= 15 is 0 Å². The number of benzene rings is 1. The third-order valence-corrected chi connectivity index (χ3v) is 2.75. The third kappa shape index (κ3) is 4.59. The fourth-order valence-electron chi connectivity index (χ4n) is 1.83. The lowest BCUT2D eigenvalue weighted by molar-refractivity contribution is -0.274. The number of halogens is 3. The molecule has 0 amide bonds. The number of para-hydroxylation sites is 1. The van der Waals surface area contributed by atoms with Crippen LogP contribution >= 0.6 is 0 Å². The molecule has 0 radical (unpaired) electrons. The van der Waals surface area contributed by atoms with Gasteiger partial charge < -0.3 is 4.74 Å². The third-order valence-electron chi connectivity index (χ3n) is 2.75. The van der Waals surface area contributed by atoms with Crippen LogP contribution in [0.4, 0.5) is 13.2 Å². The van der Waals surface area contributed by atoms with Gasteiger partial charge in [0, 0.05) is 18.3 Å². The summed E-state index contributed by atoms with van der Waals surface area (Å²) in [7, 11) is 0. The first-order chi connectivity index (χ1) is 9.96. The molecule has 0 N–H and O–H groups in total.